The molecule has 2 aliphatic rings. The third kappa shape index (κ3) is 2.64. The van der Waals surface area contributed by atoms with Gasteiger partial charge in [0.25, 0.3) is 0 Å². The summed E-state index contributed by atoms with van der Waals surface area (Å²) in [4.78, 5) is 6.87. The molecule has 1 unspecified atom stereocenters. The van der Waals surface area contributed by atoms with Crippen LogP contribution in [0.15, 0.2) is 29.6 Å². The molecule has 0 radical (unpaired) electrons. The van der Waals surface area contributed by atoms with Gasteiger partial charge in [-0.05, 0) is 37.1 Å². The SMILES string of the molecule is Nc1nc(C2CCCN2c2ccc(OC3COC3)cc2)cs1. The van der Waals surface area contributed by atoms with Crippen molar-refractivity contribution < 1.29 is 9.47 Å². The van der Waals surface area contributed by atoms with Crippen molar-refractivity contribution in [1.82, 2.24) is 4.98 Å². The van der Waals surface area contributed by atoms with Gasteiger partial charge in [-0.1, -0.05) is 0 Å². The first-order chi connectivity index (χ1) is 10.8. The van der Waals surface area contributed by atoms with E-state index in [1.54, 1.807) is 0 Å². The average Bonchev–Trinajstić information content (AvgIpc) is 3.12. The van der Waals surface area contributed by atoms with Crippen molar-refractivity contribution >= 4 is 22.2 Å². The zero-order chi connectivity index (χ0) is 14.9. The first-order valence-corrected chi connectivity index (χ1v) is 8.49. The van der Waals surface area contributed by atoms with Crippen LogP contribution in [0.25, 0.3) is 0 Å². The number of aromatic nitrogens is 1. The van der Waals surface area contributed by atoms with Gasteiger partial charge in [0.1, 0.15) is 11.9 Å². The number of hydrogen-bond acceptors (Lipinski definition) is 6. The highest BCUT2D eigenvalue weighted by Gasteiger charge is 2.28. The third-order valence-corrected chi connectivity index (χ3v) is 4.90. The lowest BCUT2D eigenvalue weighted by atomic mass is 10.1. The summed E-state index contributed by atoms with van der Waals surface area (Å²) in [6, 6.07) is 8.67. The molecule has 0 aliphatic carbocycles. The van der Waals surface area contributed by atoms with Crippen molar-refractivity contribution in [2.24, 2.45) is 0 Å². The zero-order valence-corrected chi connectivity index (χ0v) is 13.1. The molecule has 2 aromatic rings. The Labute approximate surface area is 133 Å². The van der Waals surface area contributed by atoms with Crippen LogP contribution in [0, 0.1) is 0 Å². The topological polar surface area (TPSA) is 60.6 Å². The van der Waals surface area contributed by atoms with E-state index in [4.69, 9.17) is 15.2 Å². The normalized spacial score (nSPS) is 21.8. The van der Waals surface area contributed by atoms with Crippen LogP contribution in [0.5, 0.6) is 5.75 Å². The monoisotopic (exact) mass is 317 g/mol. The van der Waals surface area contributed by atoms with E-state index in [-0.39, 0.29) is 6.10 Å². The second-order valence-electron chi connectivity index (χ2n) is 5.73. The molecule has 0 amide bonds. The second kappa shape index (κ2) is 5.78. The van der Waals surface area contributed by atoms with Crippen molar-refractivity contribution in [2.45, 2.75) is 25.0 Å². The number of nitrogens with zero attached hydrogens (tertiary/aromatic N) is 2. The van der Waals surface area contributed by atoms with Crippen LogP contribution in [-0.4, -0.2) is 30.8 Å². The summed E-state index contributed by atoms with van der Waals surface area (Å²) >= 11 is 1.51. The number of benzene rings is 1. The number of hydrogen-bond donors (Lipinski definition) is 1. The van der Waals surface area contributed by atoms with E-state index in [1.807, 2.05) is 12.1 Å². The van der Waals surface area contributed by atoms with Crippen LogP contribution in [0.2, 0.25) is 0 Å². The Kier molecular flexibility index (Phi) is 3.63. The largest absolute Gasteiger partial charge is 0.486 e. The Morgan fingerprint density at radius 3 is 2.73 bits per heavy atom. The van der Waals surface area contributed by atoms with E-state index in [9.17, 15) is 0 Å². The minimum Gasteiger partial charge on any atom is -0.486 e. The number of nitrogens with two attached hydrogens (primary N) is 1. The molecule has 1 atom stereocenters. The molecule has 2 fully saturated rings. The summed E-state index contributed by atoms with van der Waals surface area (Å²) in [7, 11) is 0. The third-order valence-electron chi connectivity index (χ3n) is 4.21. The fourth-order valence-corrected chi connectivity index (χ4v) is 3.64. The lowest BCUT2D eigenvalue weighted by Gasteiger charge is -2.28. The molecule has 0 bridgehead atoms. The lowest BCUT2D eigenvalue weighted by molar-refractivity contribution is -0.0796. The molecule has 0 spiro atoms. The van der Waals surface area contributed by atoms with Gasteiger partial charge >= 0.3 is 0 Å². The van der Waals surface area contributed by atoms with Crippen LogP contribution >= 0.6 is 11.3 Å². The summed E-state index contributed by atoms with van der Waals surface area (Å²) in [6.45, 7) is 2.45. The fraction of sp³-hybridized carbons (Fsp3) is 0.438. The molecular formula is C16H19N3O2S. The van der Waals surface area contributed by atoms with Gasteiger partial charge in [-0.15, -0.1) is 11.3 Å². The molecule has 116 valence electrons. The van der Waals surface area contributed by atoms with Crippen LogP contribution in [0.3, 0.4) is 0 Å². The number of ether oxygens (including phenoxy) is 2. The highest BCUT2D eigenvalue weighted by molar-refractivity contribution is 7.13. The molecule has 22 heavy (non-hydrogen) atoms. The van der Waals surface area contributed by atoms with Crippen molar-refractivity contribution in [3.05, 3.63) is 35.3 Å². The Balaban J connectivity index is 1.50. The summed E-state index contributed by atoms with van der Waals surface area (Å²) in [5, 5.41) is 2.72. The van der Waals surface area contributed by atoms with Crippen molar-refractivity contribution in [1.29, 1.82) is 0 Å². The van der Waals surface area contributed by atoms with Crippen molar-refractivity contribution in [2.75, 3.05) is 30.4 Å². The summed E-state index contributed by atoms with van der Waals surface area (Å²) < 4.78 is 10.9. The molecule has 0 saturated carbocycles. The average molecular weight is 317 g/mol. The smallest absolute Gasteiger partial charge is 0.180 e. The van der Waals surface area contributed by atoms with Gasteiger partial charge in [-0.3, -0.25) is 0 Å². The maximum atomic E-state index is 5.81. The summed E-state index contributed by atoms with van der Waals surface area (Å²) in [6.07, 6.45) is 2.52. The first-order valence-electron chi connectivity index (χ1n) is 7.61. The summed E-state index contributed by atoms with van der Waals surface area (Å²) in [5.41, 5.74) is 8.08. The van der Waals surface area contributed by atoms with Crippen LogP contribution in [-0.2, 0) is 4.74 Å². The van der Waals surface area contributed by atoms with E-state index in [1.165, 1.54) is 23.4 Å². The van der Waals surface area contributed by atoms with Crippen LogP contribution < -0.4 is 15.4 Å². The Bertz CT molecular complexity index is 639. The molecular weight excluding hydrogens is 298 g/mol. The summed E-state index contributed by atoms with van der Waals surface area (Å²) in [5.74, 6) is 0.908. The number of rotatable bonds is 4. The van der Waals surface area contributed by atoms with Crippen molar-refractivity contribution in [3.8, 4) is 5.75 Å². The van der Waals surface area contributed by atoms with Gasteiger partial charge in [-0.2, -0.15) is 0 Å². The van der Waals surface area contributed by atoms with Gasteiger partial charge in [0, 0.05) is 17.6 Å². The molecule has 4 rings (SSSR count). The van der Waals surface area contributed by atoms with Crippen molar-refractivity contribution in [3.63, 3.8) is 0 Å². The first kappa shape index (κ1) is 13.8. The molecule has 2 N–H and O–H groups in total. The quantitative estimate of drug-likeness (QED) is 0.939. The van der Waals surface area contributed by atoms with Gasteiger partial charge in [0.2, 0.25) is 0 Å². The van der Waals surface area contributed by atoms with Gasteiger partial charge < -0.3 is 20.1 Å². The molecule has 1 aromatic heterocycles. The molecule has 2 saturated heterocycles. The number of nitrogen functional groups attached to an aromatic ring is 1. The van der Waals surface area contributed by atoms with Gasteiger partial charge in [0.15, 0.2) is 5.13 Å². The molecule has 3 heterocycles. The lowest BCUT2D eigenvalue weighted by Crippen LogP contribution is -2.38. The standard InChI is InChI=1S/C16H19N3O2S/c17-16-18-14(10-22-16)15-2-1-7-19(15)11-3-5-12(6-4-11)21-13-8-20-9-13/h3-6,10,13,15H,1-2,7-9H2,(H2,17,18). The maximum Gasteiger partial charge on any atom is 0.180 e. The van der Waals surface area contributed by atoms with Gasteiger partial charge in [-0.25, -0.2) is 4.98 Å². The van der Waals surface area contributed by atoms with E-state index >= 15 is 0 Å². The highest BCUT2D eigenvalue weighted by atomic mass is 32.1. The second-order valence-corrected chi connectivity index (χ2v) is 6.62. The predicted octanol–water partition coefficient (Wildman–Crippen LogP) is 2.84. The van der Waals surface area contributed by atoms with E-state index < -0.39 is 0 Å². The maximum absolute atomic E-state index is 5.81. The Hall–Kier alpha value is -1.79. The van der Waals surface area contributed by atoms with E-state index in [0.29, 0.717) is 24.4 Å². The van der Waals surface area contributed by atoms with E-state index in [0.717, 1.165) is 24.4 Å². The minimum absolute atomic E-state index is 0.211. The molecule has 2 aliphatic heterocycles. The molecule has 5 nitrogen and oxygen atoms in total. The molecule has 6 heteroatoms. The van der Waals surface area contributed by atoms with E-state index in [2.05, 4.69) is 27.4 Å². The Morgan fingerprint density at radius 1 is 1.27 bits per heavy atom. The minimum atomic E-state index is 0.211. The molecule has 1 aromatic carbocycles. The van der Waals surface area contributed by atoms with Crippen LogP contribution in [0.4, 0.5) is 10.8 Å². The zero-order valence-electron chi connectivity index (χ0n) is 12.3. The fourth-order valence-electron chi connectivity index (χ4n) is 3.03. The number of thiazole rings is 1. The number of anilines is 2. The predicted molar refractivity (Wildman–Crippen MR) is 87.5 cm³/mol. The highest BCUT2D eigenvalue weighted by Crippen LogP contribution is 2.37. The van der Waals surface area contributed by atoms with Gasteiger partial charge in [0.05, 0.1) is 24.9 Å². The van der Waals surface area contributed by atoms with Crippen LogP contribution in [0.1, 0.15) is 24.6 Å². The Morgan fingerprint density at radius 2 is 2.09 bits per heavy atom.